The van der Waals surface area contributed by atoms with Crippen LogP contribution < -0.4 is 0 Å². The number of hydrogen-bond donors (Lipinski definition) is 1. The number of carboxylic acid groups (broad SMARTS) is 1. The fourth-order valence-corrected chi connectivity index (χ4v) is 5.00. The number of nitrogens with zero attached hydrogens (tertiary/aromatic N) is 3. The molecular formula is C30H24BrN3O3. The highest BCUT2D eigenvalue weighted by Gasteiger charge is 2.51. The van der Waals surface area contributed by atoms with Crippen molar-refractivity contribution in [3.05, 3.63) is 106 Å². The van der Waals surface area contributed by atoms with Gasteiger partial charge in [-0.3, -0.25) is 9.48 Å². The Balaban J connectivity index is 1.22. The molecule has 0 atom stereocenters. The van der Waals surface area contributed by atoms with Gasteiger partial charge < -0.3 is 9.63 Å². The van der Waals surface area contributed by atoms with Gasteiger partial charge in [0.1, 0.15) is 0 Å². The number of aromatic nitrogens is 3. The lowest BCUT2D eigenvalue weighted by atomic mass is 9.93. The van der Waals surface area contributed by atoms with Gasteiger partial charge >= 0.3 is 5.97 Å². The van der Waals surface area contributed by atoms with E-state index >= 15 is 0 Å². The summed E-state index contributed by atoms with van der Waals surface area (Å²) < 4.78 is 8.67. The van der Waals surface area contributed by atoms with Gasteiger partial charge in [-0.1, -0.05) is 81.8 Å². The van der Waals surface area contributed by atoms with Crippen LogP contribution in [0.3, 0.4) is 0 Å². The normalized spacial score (nSPS) is 14.0. The molecule has 2 aromatic heterocycles. The van der Waals surface area contributed by atoms with E-state index in [1.54, 1.807) is 0 Å². The van der Waals surface area contributed by atoms with Gasteiger partial charge in [-0.25, -0.2) is 0 Å². The van der Waals surface area contributed by atoms with Crippen LogP contribution in [0.4, 0.5) is 0 Å². The van der Waals surface area contributed by atoms with E-state index < -0.39 is 11.4 Å². The van der Waals surface area contributed by atoms with Gasteiger partial charge in [0.15, 0.2) is 5.76 Å². The molecule has 1 N–H and O–H groups in total. The lowest BCUT2D eigenvalue weighted by molar-refractivity contribution is -0.140. The molecule has 1 fully saturated rings. The molecule has 3 aromatic carbocycles. The van der Waals surface area contributed by atoms with Crippen molar-refractivity contribution < 1.29 is 14.4 Å². The predicted octanol–water partition coefficient (Wildman–Crippen LogP) is 7.11. The van der Waals surface area contributed by atoms with E-state index in [0.29, 0.717) is 19.4 Å². The van der Waals surface area contributed by atoms with Crippen molar-refractivity contribution in [3.63, 3.8) is 0 Å². The molecule has 0 radical (unpaired) electrons. The Morgan fingerprint density at radius 2 is 1.51 bits per heavy atom. The molecule has 6 rings (SSSR count). The Kier molecular flexibility index (Phi) is 5.80. The minimum atomic E-state index is -0.734. The van der Waals surface area contributed by atoms with Crippen LogP contribution in [0.1, 0.15) is 29.7 Å². The zero-order chi connectivity index (χ0) is 25.6. The molecule has 0 unspecified atom stereocenters. The fraction of sp³-hybridized carbons (Fsp3) is 0.167. The quantitative estimate of drug-likeness (QED) is 0.232. The Morgan fingerprint density at radius 3 is 2.14 bits per heavy atom. The van der Waals surface area contributed by atoms with E-state index in [2.05, 4.69) is 33.2 Å². The second-order valence-corrected chi connectivity index (χ2v) is 10.4. The summed E-state index contributed by atoms with van der Waals surface area (Å²) in [6, 6.07) is 26.1. The van der Waals surface area contributed by atoms with Crippen LogP contribution >= 0.6 is 15.9 Å². The smallest absolute Gasteiger partial charge is 0.314 e. The molecule has 1 aliphatic rings. The third-order valence-corrected chi connectivity index (χ3v) is 7.69. The third-order valence-electron chi connectivity index (χ3n) is 7.16. The Labute approximate surface area is 222 Å². The van der Waals surface area contributed by atoms with Gasteiger partial charge in [0.25, 0.3) is 0 Å². The molecule has 0 spiro atoms. The summed E-state index contributed by atoms with van der Waals surface area (Å²) in [7, 11) is 0. The van der Waals surface area contributed by atoms with Gasteiger partial charge in [-0.15, -0.1) is 0 Å². The molecule has 0 bridgehead atoms. The highest BCUT2D eigenvalue weighted by atomic mass is 79.9. The summed E-state index contributed by atoms with van der Waals surface area (Å²) in [5.41, 5.74) is 7.03. The third kappa shape index (κ3) is 4.40. The first-order valence-corrected chi connectivity index (χ1v) is 12.9. The molecule has 37 heavy (non-hydrogen) atoms. The predicted molar refractivity (Wildman–Crippen MR) is 145 cm³/mol. The second kappa shape index (κ2) is 9.16. The maximum absolute atomic E-state index is 11.6. The van der Waals surface area contributed by atoms with Gasteiger partial charge in [0, 0.05) is 27.4 Å². The summed E-state index contributed by atoms with van der Waals surface area (Å²) >= 11 is 3.47. The van der Waals surface area contributed by atoms with E-state index in [4.69, 9.17) is 9.62 Å². The number of benzene rings is 3. The molecule has 7 heteroatoms. The highest BCUT2D eigenvalue weighted by Crippen LogP contribution is 2.48. The molecule has 1 aliphatic carbocycles. The van der Waals surface area contributed by atoms with E-state index in [9.17, 15) is 9.90 Å². The number of carboxylic acids is 1. The van der Waals surface area contributed by atoms with Crippen molar-refractivity contribution in [2.75, 3.05) is 0 Å². The van der Waals surface area contributed by atoms with E-state index in [-0.39, 0.29) is 0 Å². The van der Waals surface area contributed by atoms with Crippen LogP contribution in [-0.2, 0) is 16.8 Å². The van der Waals surface area contributed by atoms with Crippen molar-refractivity contribution in [1.82, 2.24) is 14.9 Å². The van der Waals surface area contributed by atoms with Crippen LogP contribution in [0.25, 0.3) is 33.7 Å². The Bertz CT molecular complexity index is 1580. The largest absolute Gasteiger partial charge is 0.481 e. The monoisotopic (exact) mass is 553 g/mol. The first-order chi connectivity index (χ1) is 17.9. The van der Waals surface area contributed by atoms with Crippen molar-refractivity contribution in [1.29, 1.82) is 0 Å². The van der Waals surface area contributed by atoms with E-state index in [0.717, 1.165) is 55.0 Å². The van der Waals surface area contributed by atoms with Gasteiger partial charge in [-0.2, -0.15) is 5.10 Å². The molecule has 1 saturated carbocycles. The molecule has 184 valence electrons. The van der Waals surface area contributed by atoms with Gasteiger partial charge in [0.2, 0.25) is 0 Å². The van der Waals surface area contributed by atoms with Crippen LogP contribution in [0.15, 0.2) is 94.1 Å². The average Bonchev–Trinajstić information content (AvgIpc) is 3.48. The zero-order valence-corrected chi connectivity index (χ0v) is 21.8. The number of carbonyl (C=O) groups is 1. The van der Waals surface area contributed by atoms with Crippen molar-refractivity contribution in [2.24, 2.45) is 0 Å². The van der Waals surface area contributed by atoms with Gasteiger partial charge in [-0.05, 0) is 54.7 Å². The summed E-state index contributed by atoms with van der Waals surface area (Å²) in [5.74, 6) is -0.000343. The topological polar surface area (TPSA) is 81.1 Å². The molecular weight excluding hydrogens is 530 g/mol. The maximum Gasteiger partial charge on any atom is 0.314 e. The summed E-state index contributed by atoms with van der Waals surface area (Å²) in [6.07, 6.45) is 3.38. The fourth-order valence-electron chi connectivity index (χ4n) is 4.73. The summed E-state index contributed by atoms with van der Waals surface area (Å²) in [6.45, 7) is 2.50. The van der Waals surface area contributed by atoms with E-state index in [1.807, 2.05) is 84.5 Å². The van der Waals surface area contributed by atoms with Crippen molar-refractivity contribution in [3.8, 4) is 33.7 Å². The van der Waals surface area contributed by atoms with Crippen molar-refractivity contribution in [2.45, 2.75) is 31.7 Å². The number of rotatable bonds is 7. The first kappa shape index (κ1) is 23.4. The van der Waals surface area contributed by atoms with Crippen LogP contribution in [0.2, 0.25) is 0 Å². The number of halogens is 1. The Hall–Kier alpha value is -3.97. The lowest BCUT2D eigenvalue weighted by Crippen LogP contribution is -2.19. The molecule has 0 aliphatic heterocycles. The number of aliphatic carboxylic acids is 1. The van der Waals surface area contributed by atoms with E-state index in [1.165, 1.54) is 0 Å². The molecule has 0 amide bonds. The second-order valence-electron chi connectivity index (χ2n) is 9.52. The van der Waals surface area contributed by atoms with Crippen molar-refractivity contribution >= 4 is 21.9 Å². The molecule has 6 nitrogen and oxygen atoms in total. The molecule has 5 aromatic rings. The Morgan fingerprint density at radius 1 is 0.919 bits per heavy atom. The molecule has 2 heterocycles. The van der Waals surface area contributed by atoms with Crippen LogP contribution in [-0.4, -0.2) is 26.0 Å². The zero-order valence-electron chi connectivity index (χ0n) is 20.2. The first-order valence-electron chi connectivity index (χ1n) is 12.1. The van der Waals surface area contributed by atoms with Gasteiger partial charge in [0.05, 0.1) is 23.3 Å². The highest BCUT2D eigenvalue weighted by molar-refractivity contribution is 9.10. The summed E-state index contributed by atoms with van der Waals surface area (Å²) in [5, 5.41) is 18.5. The SMILES string of the molecule is Cc1noc(-c2ccc(-c3ccc(C4(C(=O)O)CC4)cc3)cc2)c1Cn1ccc(-c2ccc(Br)cc2)n1. The minimum Gasteiger partial charge on any atom is -0.481 e. The van der Waals surface area contributed by atoms with Crippen LogP contribution in [0.5, 0.6) is 0 Å². The minimum absolute atomic E-state index is 0.551. The number of hydrogen-bond acceptors (Lipinski definition) is 4. The molecule has 0 saturated heterocycles. The standard InChI is InChI=1S/C30H24BrN3O3/c1-19-26(18-34-17-14-27(32-34)22-8-12-25(31)13-9-22)28(37-33-19)23-4-2-20(3-5-23)21-6-10-24(11-7-21)30(15-16-30)29(35)36/h2-14,17H,15-16,18H2,1H3,(H,35,36). The maximum atomic E-state index is 11.6. The number of aryl methyl sites for hydroxylation is 1. The van der Waals surface area contributed by atoms with Crippen LogP contribution in [0, 0.1) is 6.92 Å². The average molecular weight is 554 g/mol. The summed E-state index contributed by atoms with van der Waals surface area (Å²) in [4.78, 5) is 11.6. The lowest BCUT2D eigenvalue weighted by Gasteiger charge is -2.11.